The SMILES string of the molecule is CCCC(C#N)N1CCN(C(=O)Oc2ccccc2)CC1. The van der Waals surface area contributed by atoms with Crippen molar-refractivity contribution in [3.63, 3.8) is 0 Å². The maximum absolute atomic E-state index is 12.1. The molecule has 0 N–H and O–H groups in total. The van der Waals surface area contributed by atoms with E-state index in [9.17, 15) is 10.1 Å². The highest BCUT2D eigenvalue weighted by atomic mass is 16.6. The highest BCUT2D eigenvalue weighted by Crippen LogP contribution is 2.14. The Morgan fingerprint density at radius 3 is 2.52 bits per heavy atom. The van der Waals surface area contributed by atoms with Gasteiger partial charge in [0.2, 0.25) is 0 Å². The van der Waals surface area contributed by atoms with E-state index in [2.05, 4.69) is 17.9 Å². The molecule has 1 heterocycles. The van der Waals surface area contributed by atoms with Crippen LogP contribution in [0.2, 0.25) is 0 Å². The Morgan fingerprint density at radius 1 is 1.29 bits per heavy atom. The van der Waals surface area contributed by atoms with Gasteiger partial charge in [-0.25, -0.2) is 4.79 Å². The molecule has 1 atom stereocenters. The number of para-hydroxylation sites is 1. The minimum absolute atomic E-state index is 0.0395. The predicted octanol–water partition coefficient (Wildman–Crippen LogP) is 2.50. The van der Waals surface area contributed by atoms with Gasteiger partial charge in [0.1, 0.15) is 5.75 Å². The Bertz CT molecular complexity index is 490. The summed E-state index contributed by atoms with van der Waals surface area (Å²) in [7, 11) is 0. The molecule has 5 heteroatoms. The fourth-order valence-corrected chi connectivity index (χ4v) is 2.47. The number of hydrogen-bond acceptors (Lipinski definition) is 4. The largest absolute Gasteiger partial charge is 0.415 e. The summed E-state index contributed by atoms with van der Waals surface area (Å²) < 4.78 is 5.33. The van der Waals surface area contributed by atoms with Crippen LogP contribution < -0.4 is 4.74 Å². The van der Waals surface area contributed by atoms with Crippen LogP contribution in [-0.2, 0) is 0 Å². The quantitative estimate of drug-likeness (QED) is 0.853. The Morgan fingerprint density at radius 2 is 1.95 bits per heavy atom. The maximum atomic E-state index is 12.1. The van der Waals surface area contributed by atoms with Crippen LogP contribution in [-0.4, -0.2) is 48.1 Å². The van der Waals surface area contributed by atoms with E-state index in [-0.39, 0.29) is 12.1 Å². The normalized spacial score (nSPS) is 17.0. The molecule has 21 heavy (non-hydrogen) atoms. The summed E-state index contributed by atoms with van der Waals surface area (Å²) in [5.74, 6) is 0.561. The van der Waals surface area contributed by atoms with E-state index in [1.165, 1.54) is 0 Å². The number of carbonyl (C=O) groups excluding carboxylic acids is 1. The molecule has 1 unspecified atom stereocenters. The van der Waals surface area contributed by atoms with Crippen molar-refractivity contribution in [3.05, 3.63) is 30.3 Å². The first-order valence-electron chi connectivity index (χ1n) is 7.40. The topological polar surface area (TPSA) is 56.6 Å². The van der Waals surface area contributed by atoms with Crippen molar-refractivity contribution in [1.29, 1.82) is 5.26 Å². The molecule has 1 aromatic rings. The van der Waals surface area contributed by atoms with Crippen molar-refractivity contribution in [2.45, 2.75) is 25.8 Å². The summed E-state index contributed by atoms with van der Waals surface area (Å²) in [6.07, 6.45) is 1.56. The maximum Gasteiger partial charge on any atom is 0.415 e. The minimum atomic E-state index is -0.315. The molecule has 0 spiro atoms. The number of piperazine rings is 1. The van der Waals surface area contributed by atoms with Gasteiger partial charge < -0.3 is 9.64 Å². The second-order valence-corrected chi connectivity index (χ2v) is 5.14. The summed E-state index contributed by atoms with van der Waals surface area (Å²) >= 11 is 0. The molecule has 1 amide bonds. The number of nitriles is 1. The van der Waals surface area contributed by atoms with Crippen LogP contribution >= 0.6 is 0 Å². The summed E-state index contributed by atoms with van der Waals surface area (Å²) in [6, 6.07) is 11.4. The van der Waals surface area contributed by atoms with Crippen LogP contribution in [0.5, 0.6) is 5.75 Å². The molecule has 1 aliphatic heterocycles. The summed E-state index contributed by atoms with van der Waals surface area (Å²) in [5, 5.41) is 9.18. The lowest BCUT2D eigenvalue weighted by Crippen LogP contribution is -2.52. The lowest BCUT2D eigenvalue weighted by molar-refractivity contribution is 0.0983. The van der Waals surface area contributed by atoms with Gasteiger partial charge in [-0.1, -0.05) is 31.5 Å². The lowest BCUT2D eigenvalue weighted by Gasteiger charge is -2.36. The van der Waals surface area contributed by atoms with Gasteiger partial charge in [0.25, 0.3) is 0 Å². The Labute approximate surface area is 125 Å². The molecule has 0 radical (unpaired) electrons. The van der Waals surface area contributed by atoms with E-state index >= 15 is 0 Å². The molecule has 0 aromatic heterocycles. The first-order chi connectivity index (χ1) is 10.2. The second-order valence-electron chi connectivity index (χ2n) is 5.14. The molecular weight excluding hydrogens is 266 g/mol. The van der Waals surface area contributed by atoms with E-state index < -0.39 is 0 Å². The fourth-order valence-electron chi connectivity index (χ4n) is 2.47. The van der Waals surface area contributed by atoms with Crippen LogP contribution in [0.25, 0.3) is 0 Å². The van der Waals surface area contributed by atoms with Crippen LogP contribution in [0.3, 0.4) is 0 Å². The molecule has 1 fully saturated rings. The van der Waals surface area contributed by atoms with Crippen LogP contribution in [0.15, 0.2) is 30.3 Å². The summed E-state index contributed by atoms with van der Waals surface area (Å²) in [4.78, 5) is 15.9. The van der Waals surface area contributed by atoms with Gasteiger partial charge in [-0.2, -0.15) is 5.26 Å². The number of carbonyl (C=O) groups is 1. The van der Waals surface area contributed by atoms with Crippen molar-refractivity contribution in [2.75, 3.05) is 26.2 Å². The lowest BCUT2D eigenvalue weighted by atomic mass is 10.1. The third-order valence-electron chi connectivity index (χ3n) is 3.67. The van der Waals surface area contributed by atoms with Crippen LogP contribution in [0, 0.1) is 11.3 Å². The highest BCUT2D eigenvalue weighted by molar-refractivity contribution is 5.70. The number of rotatable bonds is 4. The average molecular weight is 287 g/mol. The second kappa shape index (κ2) is 7.65. The van der Waals surface area contributed by atoms with Crippen LogP contribution in [0.1, 0.15) is 19.8 Å². The molecule has 1 aromatic carbocycles. The molecule has 0 aliphatic carbocycles. The molecule has 0 bridgehead atoms. The molecular formula is C16H21N3O2. The Hall–Kier alpha value is -2.06. The number of hydrogen-bond donors (Lipinski definition) is 0. The van der Waals surface area contributed by atoms with E-state index in [0.717, 1.165) is 25.9 Å². The van der Waals surface area contributed by atoms with Gasteiger partial charge in [-0.15, -0.1) is 0 Å². The number of benzene rings is 1. The summed E-state index contributed by atoms with van der Waals surface area (Å²) in [5.41, 5.74) is 0. The first kappa shape index (κ1) is 15.3. The van der Waals surface area contributed by atoms with E-state index in [1.807, 2.05) is 18.2 Å². The van der Waals surface area contributed by atoms with Crippen molar-refractivity contribution < 1.29 is 9.53 Å². The highest BCUT2D eigenvalue weighted by Gasteiger charge is 2.26. The monoisotopic (exact) mass is 287 g/mol. The van der Waals surface area contributed by atoms with Gasteiger partial charge >= 0.3 is 6.09 Å². The number of nitrogens with zero attached hydrogens (tertiary/aromatic N) is 3. The molecule has 5 nitrogen and oxygen atoms in total. The zero-order chi connectivity index (χ0) is 15.1. The summed E-state index contributed by atoms with van der Waals surface area (Å²) in [6.45, 7) is 4.74. The smallest absolute Gasteiger partial charge is 0.410 e. The predicted molar refractivity (Wildman–Crippen MR) is 79.9 cm³/mol. The van der Waals surface area contributed by atoms with E-state index in [1.54, 1.807) is 17.0 Å². The first-order valence-corrected chi connectivity index (χ1v) is 7.40. The third kappa shape index (κ3) is 4.20. The van der Waals surface area contributed by atoms with Gasteiger partial charge in [0, 0.05) is 26.2 Å². The van der Waals surface area contributed by atoms with Crippen molar-refractivity contribution in [3.8, 4) is 11.8 Å². The van der Waals surface area contributed by atoms with Gasteiger partial charge in [-0.3, -0.25) is 4.90 Å². The van der Waals surface area contributed by atoms with Gasteiger partial charge in [0.15, 0.2) is 0 Å². The van der Waals surface area contributed by atoms with Gasteiger partial charge in [0.05, 0.1) is 12.1 Å². The molecule has 0 saturated carbocycles. The Balaban J connectivity index is 1.83. The third-order valence-corrected chi connectivity index (χ3v) is 3.67. The molecule has 2 rings (SSSR count). The standard InChI is InChI=1S/C16H21N3O2/c1-2-6-14(13-17)18-9-11-19(12-10-18)16(20)21-15-7-4-3-5-8-15/h3-5,7-8,14H,2,6,9-12H2,1H3. The number of amides is 1. The molecule has 1 aliphatic rings. The zero-order valence-electron chi connectivity index (χ0n) is 12.4. The number of ether oxygens (including phenoxy) is 1. The fraction of sp³-hybridized carbons (Fsp3) is 0.500. The van der Waals surface area contributed by atoms with Gasteiger partial charge in [-0.05, 0) is 18.6 Å². The van der Waals surface area contributed by atoms with Crippen molar-refractivity contribution in [2.24, 2.45) is 0 Å². The Kier molecular flexibility index (Phi) is 5.59. The van der Waals surface area contributed by atoms with Crippen molar-refractivity contribution in [1.82, 2.24) is 9.80 Å². The van der Waals surface area contributed by atoms with E-state index in [4.69, 9.17) is 4.74 Å². The van der Waals surface area contributed by atoms with Crippen molar-refractivity contribution >= 4 is 6.09 Å². The average Bonchev–Trinajstić information content (AvgIpc) is 2.54. The molecule has 1 saturated heterocycles. The minimum Gasteiger partial charge on any atom is -0.410 e. The molecule has 112 valence electrons. The van der Waals surface area contributed by atoms with Crippen LogP contribution in [0.4, 0.5) is 4.79 Å². The van der Waals surface area contributed by atoms with E-state index in [0.29, 0.717) is 18.8 Å². The zero-order valence-corrected chi connectivity index (χ0v) is 12.4.